The Bertz CT molecular complexity index is 810. The van der Waals surface area contributed by atoms with Crippen LogP contribution in [0.5, 0.6) is 0 Å². The normalized spacial score (nSPS) is 22.5. The van der Waals surface area contributed by atoms with Crippen molar-refractivity contribution in [3.8, 4) is 0 Å². The van der Waals surface area contributed by atoms with Crippen LogP contribution in [0, 0.1) is 11.8 Å². The first-order valence-corrected chi connectivity index (χ1v) is 16.7. The molecule has 3 atom stereocenters. The molecule has 2 fully saturated rings. The summed E-state index contributed by atoms with van der Waals surface area (Å²) in [5.74, 6) is 1.42. The van der Waals surface area contributed by atoms with Crippen LogP contribution in [0.15, 0.2) is 48.5 Å². The first-order chi connectivity index (χ1) is 17.2. The molecular formula is C32H54FeN2P2-6. The summed E-state index contributed by atoms with van der Waals surface area (Å²) in [4.78, 5) is 0. The van der Waals surface area contributed by atoms with Crippen molar-refractivity contribution in [1.82, 2.24) is 10.6 Å². The SMILES string of the molecule is CCC(C)(C)P(C[c-]1cccc1C(P)(C1CCCNC1)C1CCCNC1)C(C)(C)CC.[Fe].[cH-]1[cH-][cH-][cH-][cH-]1. The Kier molecular flexibility index (Phi) is 13.6. The molecule has 0 radical (unpaired) electrons. The smallest absolute Gasteiger partial charge is 0 e. The van der Waals surface area contributed by atoms with Crippen molar-refractivity contribution >= 4 is 17.2 Å². The van der Waals surface area contributed by atoms with Crippen LogP contribution in [0.3, 0.4) is 0 Å². The second kappa shape index (κ2) is 15.1. The van der Waals surface area contributed by atoms with Crippen molar-refractivity contribution < 1.29 is 17.1 Å². The first kappa shape index (κ1) is 33.2. The monoisotopic (exact) mass is 584 g/mol. The van der Waals surface area contributed by atoms with E-state index in [9.17, 15) is 0 Å². The third-order valence-electron chi connectivity index (χ3n) is 9.39. The van der Waals surface area contributed by atoms with E-state index in [1.165, 1.54) is 70.9 Å². The second-order valence-corrected chi connectivity index (χ2v) is 16.9. The topological polar surface area (TPSA) is 24.1 Å². The number of piperidine rings is 2. The van der Waals surface area contributed by atoms with E-state index in [4.69, 9.17) is 0 Å². The molecule has 0 amide bonds. The largest absolute Gasteiger partial charge is 0.748 e. The maximum atomic E-state index is 3.74. The number of rotatable bonds is 9. The number of hydrogen-bond donors (Lipinski definition) is 2. The van der Waals surface area contributed by atoms with Crippen molar-refractivity contribution in [2.24, 2.45) is 11.8 Å². The summed E-state index contributed by atoms with van der Waals surface area (Å²) >= 11 is 0. The van der Waals surface area contributed by atoms with Gasteiger partial charge in [-0.25, -0.2) is 12.1 Å². The predicted molar refractivity (Wildman–Crippen MR) is 166 cm³/mol. The van der Waals surface area contributed by atoms with Gasteiger partial charge < -0.3 is 41.0 Å². The minimum absolute atomic E-state index is 0. The van der Waals surface area contributed by atoms with Gasteiger partial charge in [0.2, 0.25) is 0 Å². The summed E-state index contributed by atoms with van der Waals surface area (Å²) in [5.41, 5.74) is 3.31. The second-order valence-electron chi connectivity index (χ2n) is 12.4. The average Bonchev–Trinajstić information content (AvgIpc) is 3.63. The van der Waals surface area contributed by atoms with Gasteiger partial charge in [-0.1, -0.05) is 47.7 Å². The van der Waals surface area contributed by atoms with E-state index in [2.05, 4.69) is 79.6 Å². The Hall–Kier alpha value is -0.000519. The van der Waals surface area contributed by atoms with Gasteiger partial charge in [0.05, 0.1) is 0 Å². The third-order valence-corrected chi connectivity index (χ3v) is 14.9. The Labute approximate surface area is 243 Å². The molecule has 4 rings (SSSR count). The fraction of sp³-hybridized carbons (Fsp3) is 0.688. The summed E-state index contributed by atoms with van der Waals surface area (Å²) in [5, 5.41) is 8.48. The first-order valence-electron chi connectivity index (χ1n) is 14.6. The Morgan fingerprint density at radius 3 is 1.73 bits per heavy atom. The molecule has 216 valence electrons. The van der Waals surface area contributed by atoms with E-state index in [1.807, 2.05) is 30.3 Å². The van der Waals surface area contributed by atoms with Gasteiger partial charge in [-0.05, 0) is 92.0 Å². The zero-order chi connectivity index (χ0) is 26.2. The molecule has 0 bridgehead atoms. The molecule has 2 N–H and O–H groups in total. The van der Waals surface area contributed by atoms with Crippen LogP contribution in [-0.2, 0) is 28.4 Å². The van der Waals surface area contributed by atoms with Gasteiger partial charge in [0.1, 0.15) is 0 Å². The van der Waals surface area contributed by atoms with Gasteiger partial charge in [0.15, 0.2) is 0 Å². The Morgan fingerprint density at radius 1 is 0.892 bits per heavy atom. The molecule has 2 aliphatic rings. The molecule has 2 saturated heterocycles. The van der Waals surface area contributed by atoms with E-state index in [1.54, 1.807) is 11.1 Å². The molecule has 37 heavy (non-hydrogen) atoms. The molecule has 0 aromatic heterocycles. The minimum atomic E-state index is -0.137. The van der Waals surface area contributed by atoms with Crippen molar-refractivity contribution in [2.75, 3.05) is 26.2 Å². The van der Waals surface area contributed by atoms with E-state index in [0.717, 1.165) is 0 Å². The molecule has 2 aromatic carbocycles. The van der Waals surface area contributed by atoms with Crippen LogP contribution in [0.4, 0.5) is 0 Å². The minimum Gasteiger partial charge on any atom is -0.748 e. The molecular weight excluding hydrogens is 530 g/mol. The molecule has 0 saturated carbocycles. The summed E-state index contributed by atoms with van der Waals surface area (Å²) in [6.45, 7) is 19.6. The van der Waals surface area contributed by atoms with Crippen molar-refractivity contribution in [3.63, 3.8) is 0 Å². The van der Waals surface area contributed by atoms with E-state index < -0.39 is 0 Å². The maximum absolute atomic E-state index is 3.74. The molecule has 2 aliphatic heterocycles. The van der Waals surface area contributed by atoms with Crippen LogP contribution in [0.1, 0.15) is 91.2 Å². The Morgan fingerprint density at radius 2 is 1.35 bits per heavy atom. The van der Waals surface area contributed by atoms with Crippen molar-refractivity contribution in [2.45, 2.75) is 102 Å². The van der Waals surface area contributed by atoms with E-state index in [-0.39, 0.29) is 30.1 Å². The zero-order valence-corrected chi connectivity index (χ0v) is 27.6. The maximum Gasteiger partial charge on any atom is 0 e. The quantitative estimate of drug-likeness (QED) is 0.176. The summed E-state index contributed by atoms with van der Waals surface area (Å²) in [7, 11) is 3.33. The zero-order valence-electron chi connectivity index (χ0n) is 24.4. The molecule has 2 heterocycles. The number of nitrogens with one attached hydrogen (secondary N) is 2. The standard InChI is InChI=1S/C27H49N2P2.C5H5.Fe/c1-7-25(3,4)31(26(5,6)8-2)20-21-12-9-15-24(21)27(30,22-13-10-16-28-18-22)23-14-11-17-29-19-23;1-2-4-5-3-1;/h9,12,15,22-23,28-29H,7-8,10-11,13-14,16-20,30H2,1-6H3;1-5H;/q-1;-5;. The molecule has 2 aromatic rings. The van der Waals surface area contributed by atoms with Crippen LogP contribution in [0.2, 0.25) is 0 Å². The van der Waals surface area contributed by atoms with Crippen LogP contribution in [-0.4, -0.2) is 36.5 Å². The van der Waals surface area contributed by atoms with E-state index >= 15 is 0 Å². The number of hydrogen-bond acceptors (Lipinski definition) is 2. The van der Waals surface area contributed by atoms with Crippen molar-refractivity contribution in [3.05, 3.63) is 59.7 Å². The van der Waals surface area contributed by atoms with Crippen LogP contribution in [0.25, 0.3) is 0 Å². The molecule has 5 heteroatoms. The van der Waals surface area contributed by atoms with Gasteiger partial charge >= 0.3 is 0 Å². The third kappa shape index (κ3) is 8.26. The van der Waals surface area contributed by atoms with Gasteiger partial charge in [-0.3, -0.25) is 0 Å². The molecule has 0 spiro atoms. The Balaban J connectivity index is 0.000000716. The summed E-state index contributed by atoms with van der Waals surface area (Å²) in [6.07, 6.45) is 9.15. The summed E-state index contributed by atoms with van der Waals surface area (Å²) < 4.78 is 0. The average molecular weight is 585 g/mol. The summed E-state index contributed by atoms with van der Waals surface area (Å²) in [6, 6.07) is 17.3. The van der Waals surface area contributed by atoms with Crippen LogP contribution < -0.4 is 10.6 Å². The van der Waals surface area contributed by atoms with Gasteiger partial charge in [-0.2, -0.15) is 11.6 Å². The predicted octanol–water partition coefficient (Wildman–Crippen LogP) is 8.24. The fourth-order valence-electron chi connectivity index (χ4n) is 6.43. The van der Waals surface area contributed by atoms with Crippen molar-refractivity contribution in [1.29, 1.82) is 0 Å². The molecule has 2 nitrogen and oxygen atoms in total. The van der Waals surface area contributed by atoms with Gasteiger partial charge in [-0.15, -0.1) is 22.7 Å². The van der Waals surface area contributed by atoms with Gasteiger partial charge in [0, 0.05) is 17.1 Å². The molecule has 3 unspecified atom stereocenters. The fourth-order valence-corrected chi connectivity index (χ4v) is 11.2. The van der Waals surface area contributed by atoms with Gasteiger partial charge in [0.25, 0.3) is 0 Å². The van der Waals surface area contributed by atoms with Crippen LogP contribution >= 0.6 is 17.2 Å². The van der Waals surface area contributed by atoms with E-state index in [0.29, 0.717) is 22.1 Å². The molecule has 0 aliphatic carbocycles.